The van der Waals surface area contributed by atoms with Crippen molar-refractivity contribution >= 4 is 28.3 Å². The van der Waals surface area contributed by atoms with Gasteiger partial charge < -0.3 is 14.8 Å². The summed E-state index contributed by atoms with van der Waals surface area (Å²) in [6, 6.07) is 6.90. The average molecular weight is 449 g/mol. The number of alkyl halides is 2. The highest BCUT2D eigenvalue weighted by atomic mass is 19.3. The van der Waals surface area contributed by atoms with Gasteiger partial charge in [-0.3, -0.25) is 9.78 Å². The Hall–Kier alpha value is -3.95. The van der Waals surface area contributed by atoms with E-state index in [1.807, 2.05) is 17.7 Å². The molecular formula is C23H21F2N7O. The van der Waals surface area contributed by atoms with Crippen LogP contribution in [0.5, 0.6) is 0 Å². The number of rotatable bonds is 4. The first-order valence-electron chi connectivity index (χ1n) is 10.5. The molecule has 0 aliphatic carbocycles. The summed E-state index contributed by atoms with van der Waals surface area (Å²) in [7, 11) is 1.89. The molecule has 1 saturated heterocycles. The van der Waals surface area contributed by atoms with E-state index in [0.717, 1.165) is 22.2 Å². The molecule has 0 bridgehead atoms. The maximum absolute atomic E-state index is 13.5. The van der Waals surface area contributed by atoms with Crippen molar-refractivity contribution in [2.45, 2.75) is 18.8 Å². The Labute approximate surface area is 188 Å². The Balaban J connectivity index is 1.35. The van der Waals surface area contributed by atoms with Crippen LogP contribution in [-0.4, -0.2) is 49.4 Å². The molecular weight excluding hydrogens is 428 g/mol. The maximum atomic E-state index is 13.5. The first kappa shape index (κ1) is 20.9. The van der Waals surface area contributed by atoms with Crippen molar-refractivity contribution in [2.24, 2.45) is 7.05 Å². The molecule has 0 radical (unpaired) electrons. The summed E-state index contributed by atoms with van der Waals surface area (Å²) in [4.78, 5) is 31.8. The minimum absolute atomic E-state index is 0.199. The van der Waals surface area contributed by atoms with Gasteiger partial charge in [0.05, 0.1) is 23.9 Å². The summed E-state index contributed by atoms with van der Waals surface area (Å²) >= 11 is 0. The van der Waals surface area contributed by atoms with Gasteiger partial charge in [0.25, 0.3) is 11.8 Å². The second-order valence-corrected chi connectivity index (χ2v) is 8.08. The van der Waals surface area contributed by atoms with E-state index in [1.54, 1.807) is 48.0 Å². The number of nitrogens with one attached hydrogen (secondary N) is 1. The predicted molar refractivity (Wildman–Crippen MR) is 120 cm³/mol. The number of hydrogen-bond donors (Lipinski definition) is 1. The van der Waals surface area contributed by atoms with Crippen molar-refractivity contribution < 1.29 is 13.6 Å². The lowest BCUT2D eigenvalue weighted by molar-refractivity contribution is -0.0221. The highest BCUT2D eigenvalue weighted by molar-refractivity contribution is 6.05. The van der Waals surface area contributed by atoms with E-state index < -0.39 is 5.92 Å². The minimum atomic E-state index is -2.64. The monoisotopic (exact) mass is 449 g/mol. The van der Waals surface area contributed by atoms with Crippen molar-refractivity contribution in [1.29, 1.82) is 0 Å². The standard InChI is InChI=1S/C23H21F2N7O/c1-31-14-26-13-19(31)18-8-16-9-20(29-12-17(16)11-28-18)30-22(33)15-2-5-27-21(10-15)32-6-3-23(24,25)4-7-32/h2,5,8-14H,3-4,6-7H2,1H3,(H,29,30,33). The van der Waals surface area contributed by atoms with E-state index in [9.17, 15) is 13.6 Å². The first-order chi connectivity index (χ1) is 15.9. The number of anilines is 2. The lowest BCUT2D eigenvalue weighted by Crippen LogP contribution is -2.39. The Kier molecular flexibility index (Phi) is 5.20. The summed E-state index contributed by atoms with van der Waals surface area (Å²) in [5.74, 6) is -2.09. The van der Waals surface area contributed by atoms with Crippen LogP contribution in [0.25, 0.3) is 22.2 Å². The molecule has 168 valence electrons. The number of aromatic nitrogens is 5. The van der Waals surface area contributed by atoms with Gasteiger partial charge in [-0.1, -0.05) is 0 Å². The molecule has 0 saturated carbocycles. The zero-order chi connectivity index (χ0) is 23.0. The van der Waals surface area contributed by atoms with Crippen molar-refractivity contribution in [3.8, 4) is 11.4 Å². The minimum Gasteiger partial charge on any atom is -0.356 e. The number of pyridine rings is 3. The van der Waals surface area contributed by atoms with E-state index in [4.69, 9.17) is 0 Å². The molecule has 1 amide bonds. The van der Waals surface area contributed by atoms with Crippen LogP contribution in [0.3, 0.4) is 0 Å². The largest absolute Gasteiger partial charge is 0.356 e. The summed E-state index contributed by atoms with van der Waals surface area (Å²) in [6.45, 7) is 0.397. The molecule has 0 aromatic carbocycles. The van der Waals surface area contributed by atoms with Crippen LogP contribution in [0.15, 0.2) is 55.4 Å². The number of carbonyl (C=O) groups excluding carboxylic acids is 1. The summed E-state index contributed by atoms with van der Waals surface area (Å²) in [6.07, 6.45) is 7.89. The molecule has 1 aliphatic heterocycles. The van der Waals surface area contributed by atoms with Gasteiger partial charge in [-0.2, -0.15) is 0 Å². The Bertz CT molecular complexity index is 1330. The van der Waals surface area contributed by atoms with E-state index in [-0.39, 0.29) is 31.8 Å². The predicted octanol–water partition coefficient (Wildman–Crippen LogP) is 3.91. The lowest BCUT2D eigenvalue weighted by atomic mass is 10.1. The van der Waals surface area contributed by atoms with Gasteiger partial charge in [-0.05, 0) is 29.7 Å². The second kappa shape index (κ2) is 8.19. The van der Waals surface area contributed by atoms with Crippen LogP contribution in [0, 0.1) is 0 Å². The number of imidazole rings is 1. The fraction of sp³-hybridized carbons (Fsp3) is 0.261. The van der Waals surface area contributed by atoms with Crippen LogP contribution >= 0.6 is 0 Å². The maximum Gasteiger partial charge on any atom is 0.257 e. The van der Waals surface area contributed by atoms with Crippen LogP contribution < -0.4 is 10.2 Å². The number of aryl methyl sites for hydroxylation is 1. The Morgan fingerprint density at radius 1 is 1.03 bits per heavy atom. The molecule has 0 unspecified atom stereocenters. The number of piperidine rings is 1. The first-order valence-corrected chi connectivity index (χ1v) is 10.5. The third kappa shape index (κ3) is 4.36. The second-order valence-electron chi connectivity index (χ2n) is 8.08. The Morgan fingerprint density at radius 2 is 1.82 bits per heavy atom. The number of fused-ring (bicyclic) bond motifs is 1. The molecule has 10 heteroatoms. The highest BCUT2D eigenvalue weighted by Gasteiger charge is 2.34. The van der Waals surface area contributed by atoms with Gasteiger partial charge in [0, 0.05) is 62.5 Å². The number of nitrogens with zero attached hydrogens (tertiary/aromatic N) is 6. The van der Waals surface area contributed by atoms with Crippen molar-refractivity contribution in [2.75, 3.05) is 23.3 Å². The van der Waals surface area contributed by atoms with Gasteiger partial charge in [-0.25, -0.2) is 23.7 Å². The number of hydrogen-bond acceptors (Lipinski definition) is 6. The molecule has 8 nitrogen and oxygen atoms in total. The molecule has 5 rings (SSSR count). The van der Waals surface area contributed by atoms with Crippen LogP contribution in [0.4, 0.5) is 20.4 Å². The van der Waals surface area contributed by atoms with Crippen LogP contribution in [0.1, 0.15) is 23.2 Å². The molecule has 5 heterocycles. The van der Waals surface area contributed by atoms with Crippen molar-refractivity contribution in [3.05, 3.63) is 60.9 Å². The normalized spacial score (nSPS) is 15.5. The molecule has 0 atom stereocenters. The molecule has 4 aromatic heterocycles. The molecule has 1 fully saturated rings. The topological polar surface area (TPSA) is 88.8 Å². The number of amides is 1. The van der Waals surface area contributed by atoms with E-state index in [2.05, 4.69) is 25.3 Å². The van der Waals surface area contributed by atoms with Gasteiger partial charge in [0.1, 0.15) is 11.6 Å². The molecule has 33 heavy (non-hydrogen) atoms. The highest BCUT2D eigenvalue weighted by Crippen LogP contribution is 2.30. The lowest BCUT2D eigenvalue weighted by Gasteiger charge is -2.32. The van der Waals surface area contributed by atoms with Gasteiger partial charge >= 0.3 is 0 Å². The fourth-order valence-corrected chi connectivity index (χ4v) is 3.83. The van der Waals surface area contributed by atoms with Crippen LogP contribution in [0.2, 0.25) is 0 Å². The zero-order valence-electron chi connectivity index (χ0n) is 17.9. The zero-order valence-corrected chi connectivity index (χ0v) is 17.9. The Morgan fingerprint density at radius 3 is 2.58 bits per heavy atom. The third-order valence-electron chi connectivity index (χ3n) is 5.75. The molecule has 0 spiro atoms. The van der Waals surface area contributed by atoms with Crippen molar-refractivity contribution in [1.82, 2.24) is 24.5 Å². The van der Waals surface area contributed by atoms with E-state index >= 15 is 0 Å². The summed E-state index contributed by atoms with van der Waals surface area (Å²) in [5.41, 5.74) is 2.01. The number of carbonyl (C=O) groups is 1. The van der Waals surface area contributed by atoms with Gasteiger partial charge in [0.2, 0.25) is 0 Å². The number of halogens is 2. The van der Waals surface area contributed by atoms with Gasteiger partial charge in [0.15, 0.2) is 0 Å². The smallest absolute Gasteiger partial charge is 0.257 e. The molecule has 1 N–H and O–H groups in total. The summed E-state index contributed by atoms with van der Waals surface area (Å²) in [5, 5.41) is 4.52. The van der Waals surface area contributed by atoms with Crippen LogP contribution in [-0.2, 0) is 7.05 Å². The van der Waals surface area contributed by atoms with Crippen molar-refractivity contribution in [3.63, 3.8) is 0 Å². The van der Waals surface area contributed by atoms with E-state index in [1.165, 1.54) is 6.20 Å². The summed E-state index contributed by atoms with van der Waals surface area (Å²) < 4.78 is 28.8. The molecule has 4 aromatic rings. The van der Waals surface area contributed by atoms with E-state index in [0.29, 0.717) is 17.2 Å². The SMILES string of the molecule is Cn1cncc1-c1cc2cc(NC(=O)c3ccnc(N4CCC(F)(F)CC4)c3)ncc2cn1. The molecule has 1 aliphatic rings. The fourth-order valence-electron chi connectivity index (χ4n) is 3.83. The average Bonchev–Trinajstić information content (AvgIpc) is 3.24. The van der Waals surface area contributed by atoms with Gasteiger partial charge in [-0.15, -0.1) is 0 Å². The quantitative estimate of drug-likeness (QED) is 0.508. The third-order valence-corrected chi connectivity index (χ3v) is 5.75.